The molecule has 0 aliphatic carbocycles. The van der Waals surface area contributed by atoms with Crippen LogP contribution in [0.4, 0.5) is 11.4 Å². The summed E-state index contributed by atoms with van der Waals surface area (Å²) in [6, 6.07) is 20.4. The van der Waals surface area contributed by atoms with Crippen molar-refractivity contribution in [3.05, 3.63) is 77.9 Å². The quantitative estimate of drug-likeness (QED) is 0.653. The van der Waals surface area contributed by atoms with E-state index in [9.17, 15) is 4.79 Å². The molecular weight excluding hydrogens is 406 g/mol. The molecule has 1 unspecified atom stereocenters. The number of amides is 1. The lowest BCUT2D eigenvalue weighted by atomic mass is 9.93. The van der Waals surface area contributed by atoms with Crippen LogP contribution in [0.25, 0.3) is 0 Å². The van der Waals surface area contributed by atoms with Crippen molar-refractivity contribution in [2.45, 2.75) is 12.8 Å². The van der Waals surface area contributed by atoms with Crippen LogP contribution in [0.2, 0.25) is 0 Å². The molecule has 5 rings (SSSR count). The number of rotatable bonds is 3. The molecule has 0 spiro atoms. The fourth-order valence-corrected chi connectivity index (χ4v) is 3.82. The predicted octanol–water partition coefficient (Wildman–Crippen LogP) is 4.77. The van der Waals surface area contributed by atoms with Gasteiger partial charge in [0, 0.05) is 11.3 Å². The number of carbonyl (C=O) groups is 1. The van der Waals surface area contributed by atoms with E-state index in [0.717, 1.165) is 22.7 Å². The van der Waals surface area contributed by atoms with E-state index in [-0.39, 0.29) is 18.6 Å². The van der Waals surface area contributed by atoms with Gasteiger partial charge < -0.3 is 19.5 Å². The average molecular weight is 427 g/mol. The van der Waals surface area contributed by atoms with Crippen molar-refractivity contribution >= 4 is 28.8 Å². The Morgan fingerprint density at radius 3 is 2.44 bits per heavy atom. The molecule has 3 aromatic rings. The standard InChI is InChI=1S/C25H21N3O4/c1-15-23(16-7-10-18(30-2)11-8-16)24(27-20-6-4-3-5-19(20)26-15)28-25(29)17-9-12-21-22(13-17)32-14-31-21/h3-13,23H,14H2,1-2H3,(H,27,28,29). The highest BCUT2D eigenvalue weighted by Crippen LogP contribution is 2.35. The number of hydrogen-bond donors (Lipinski definition) is 1. The van der Waals surface area contributed by atoms with E-state index < -0.39 is 0 Å². The van der Waals surface area contributed by atoms with Crippen molar-refractivity contribution in [2.24, 2.45) is 9.98 Å². The van der Waals surface area contributed by atoms with Gasteiger partial charge in [-0.1, -0.05) is 24.3 Å². The Kier molecular flexibility index (Phi) is 5.07. The van der Waals surface area contributed by atoms with E-state index in [4.69, 9.17) is 24.2 Å². The van der Waals surface area contributed by atoms with Crippen LogP contribution >= 0.6 is 0 Å². The van der Waals surface area contributed by atoms with E-state index in [1.54, 1.807) is 25.3 Å². The third kappa shape index (κ3) is 3.69. The highest BCUT2D eigenvalue weighted by molar-refractivity contribution is 6.19. The number of fused-ring (bicyclic) bond motifs is 2. The topological polar surface area (TPSA) is 81.5 Å². The molecule has 3 aromatic carbocycles. The van der Waals surface area contributed by atoms with Gasteiger partial charge in [-0.3, -0.25) is 9.79 Å². The van der Waals surface area contributed by atoms with Gasteiger partial charge in [0.25, 0.3) is 5.91 Å². The van der Waals surface area contributed by atoms with Crippen molar-refractivity contribution in [3.8, 4) is 17.2 Å². The number of methoxy groups -OCH3 is 1. The predicted molar refractivity (Wildman–Crippen MR) is 122 cm³/mol. The largest absolute Gasteiger partial charge is 0.497 e. The van der Waals surface area contributed by atoms with Crippen LogP contribution in [0.1, 0.15) is 28.8 Å². The van der Waals surface area contributed by atoms with Gasteiger partial charge in [-0.15, -0.1) is 0 Å². The first kappa shape index (κ1) is 19.8. The van der Waals surface area contributed by atoms with Crippen molar-refractivity contribution in [1.29, 1.82) is 0 Å². The van der Waals surface area contributed by atoms with Crippen molar-refractivity contribution in [1.82, 2.24) is 5.32 Å². The summed E-state index contributed by atoms with van der Waals surface area (Å²) in [6.07, 6.45) is 0. The van der Waals surface area contributed by atoms with E-state index in [2.05, 4.69) is 5.32 Å². The van der Waals surface area contributed by atoms with Crippen LogP contribution < -0.4 is 19.5 Å². The molecule has 0 radical (unpaired) electrons. The number of para-hydroxylation sites is 2. The Morgan fingerprint density at radius 2 is 1.69 bits per heavy atom. The summed E-state index contributed by atoms with van der Waals surface area (Å²) in [5.41, 5.74) is 3.69. The van der Waals surface area contributed by atoms with Crippen LogP contribution in [0, 0.1) is 0 Å². The second-order valence-electron chi connectivity index (χ2n) is 7.47. The first-order valence-electron chi connectivity index (χ1n) is 10.2. The first-order valence-corrected chi connectivity index (χ1v) is 10.2. The summed E-state index contributed by atoms with van der Waals surface area (Å²) in [5.74, 6) is 1.82. The summed E-state index contributed by atoms with van der Waals surface area (Å²) >= 11 is 0. The number of nitrogens with zero attached hydrogens (tertiary/aromatic N) is 2. The maximum absolute atomic E-state index is 13.2. The molecule has 2 heterocycles. The third-order valence-corrected chi connectivity index (χ3v) is 5.44. The fourth-order valence-electron chi connectivity index (χ4n) is 3.82. The van der Waals surface area contributed by atoms with Crippen LogP contribution in [0.15, 0.2) is 76.7 Å². The number of aliphatic imine (C=N–C) groups is 2. The second-order valence-corrected chi connectivity index (χ2v) is 7.47. The van der Waals surface area contributed by atoms with Crippen molar-refractivity contribution < 1.29 is 19.0 Å². The van der Waals surface area contributed by atoms with E-state index in [1.807, 2.05) is 55.5 Å². The SMILES string of the molecule is COc1ccc(C2C(C)=Nc3ccccc3N=C2NC(=O)c2ccc3c(c2)OCO3)cc1. The molecule has 160 valence electrons. The lowest BCUT2D eigenvalue weighted by Crippen LogP contribution is -2.37. The Morgan fingerprint density at radius 1 is 0.969 bits per heavy atom. The number of ether oxygens (including phenoxy) is 3. The molecule has 1 atom stereocenters. The Labute approximate surface area is 185 Å². The van der Waals surface area contributed by atoms with Gasteiger partial charge in [0.15, 0.2) is 11.5 Å². The molecule has 0 saturated heterocycles. The summed E-state index contributed by atoms with van der Waals surface area (Å²) in [7, 11) is 1.63. The molecule has 1 N–H and O–H groups in total. The molecule has 7 nitrogen and oxygen atoms in total. The molecular formula is C25H21N3O4. The van der Waals surface area contributed by atoms with Crippen LogP contribution in [-0.2, 0) is 0 Å². The fraction of sp³-hybridized carbons (Fsp3) is 0.160. The van der Waals surface area contributed by atoms with Crippen LogP contribution in [0.5, 0.6) is 17.2 Å². The molecule has 1 amide bonds. The summed E-state index contributed by atoms with van der Waals surface area (Å²) in [6.45, 7) is 2.10. The minimum atomic E-state index is -0.328. The Hall–Kier alpha value is -4.13. The Balaban J connectivity index is 1.54. The van der Waals surface area contributed by atoms with Gasteiger partial charge in [0.1, 0.15) is 11.6 Å². The number of nitrogens with one attached hydrogen (secondary N) is 1. The van der Waals surface area contributed by atoms with Crippen molar-refractivity contribution in [3.63, 3.8) is 0 Å². The number of carbonyl (C=O) groups excluding carboxylic acids is 1. The minimum Gasteiger partial charge on any atom is -0.497 e. The van der Waals surface area contributed by atoms with Gasteiger partial charge in [0.2, 0.25) is 6.79 Å². The monoisotopic (exact) mass is 427 g/mol. The number of benzene rings is 3. The molecule has 2 aliphatic rings. The normalized spacial score (nSPS) is 16.4. The highest BCUT2D eigenvalue weighted by atomic mass is 16.7. The summed E-state index contributed by atoms with van der Waals surface area (Å²) < 4.78 is 16.0. The minimum absolute atomic E-state index is 0.152. The second kappa shape index (κ2) is 8.19. The molecule has 0 saturated carbocycles. The molecule has 0 bridgehead atoms. The van der Waals surface area contributed by atoms with E-state index in [1.165, 1.54) is 0 Å². The van der Waals surface area contributed by atoms with Crippen LogP contribution in [0.3, 0.4) is 0 Å². The number of amidine groups is 1. The molecule has 32 heavy (non-hydrogen) atoms. The molecule has 7 heteroatoms. The lowest BCUT2D eigenvalue weighted by molar-refractivity contribution is 0.0976. The van der Waals surface area contributed by atoms with Crippen molar-refractivity contribution in [2.75, 3.05) is 13.9 Å². The molecule has 0 fully saturated rings. The third-order valence-electron chi connectivity index (χ3n) is 5.44. The maximum atomic E-state index is 13.2. The number of hydrogen-bond acceptors (Lipinski definition) is 6. The lowest BCUT2D eigenvalue weighted by Gasteiger charge is -2.20. The van der Waals surface area contributed by atoms with Gasteiger partial charge >= 0.3 is 0 Å². The van der Waals surface area contributed by atoms with Gasteiger partial charge in [-0.25, -0.2) is 4.99 Å². The zero-order chi connectivity index (χ0) is 22.1. The van der Waals surface area contributed by atoms with Gasteiger partial charge in [-0.2, -0.15) is 0 Å². The zero-order valence-electron chi connectivity index (χ0n) is 17.7. The van der Waals surface area contributed by atoms with Gasteiger partial charge in [-0.05, 0) is 55.0 Å². The maximum Gasteiger partial charge on any atom is 0.256 e. The van der Waals surface area contributed by atoms with Crippen LogP contribution in [-0.4, -0.2) is 31.4 Å². The summed E-state index contributed by atoms with van der Waals surface area (Å²) in [4.78, 5) is 22.8. The first-order chi connectivity index (χ1) is 15.6. The van der Waals surface area contributed by atoms with Gasteiger partial charge in [0.05, 0.1) is 24.4 Å². The molecule has 2 aliphatic heterocycles. The summed E-state index contributed by atoms with van der Waals surface area (Å²) in [5, 5.41) is 3.02. The smallest absolute Gasteiger partial charge is 0.256 e. The van der Waals surface area contributed by atoms with E-state index in [0.29, 0.717) is 28.6 Å². The Bertz CT molecular complexity index is 1250. The van der Waals surface area contributed by atoms with E-state index >= 15 is 0 Å². The zero-order valence-corrected chi connectivity index (χ0v) is 17.7. The average Bonchev–Trinajstić information content (AvgIpc) is 3.23. The highest BCUT2D eigenvalue weighted by Gasteiger charge is 2.27. The molecule has 0 aromatic heterocycles.